The zero-order valence-corrected chi connectivity index (χ0v) is 12.2. The second-order valence-corrected chi connectivity index (χ2v) is 5.72. The van der Waals surface area contributed by atoms with Gasteiger partial charge in [-0.3, -0.25) is 4.98 Å². The molecule has 0 amide bonds. The van der Waals surface area contributed by atoms with Crippen LogP contribution in [0.25, 0.3) is 21.7 Å². The molecule has 3 rings (SSSR count). The number of hydrazine groups is 1. The summed E-state index contributed by atoms with van der Waals surface area (Å²) in [6.07, 6.45) is 2.65. The molecule has 3 N–H and O–H groups in total. The summed E-state index contributed by atoms with van der Waals surface area (Å²) in [6, 6.07) is 6.02. The predicted octanol–water partition coefficient (Wildman–Crippen LogP) is 2.91. The van der Waals surface area contributed by atoms with Crippen LogP contribution < -0.4 is 11.3 Å². The van der Waals surface area contributed by atoms with E-state index in [4.69, 9.17) is 5.84 Å². The minimum Gasteiger partial charge on any atom is -0.308 e. The molecule has 3 aromatic rings. The number of nitrogen functional groups attached to an aromatic ring is 1. The highest BCUT2D eigenvalue weighted by molar-refractivity contribution is 7.18. The molecule has 0 aromatic carbocycles. The van der Waals surface area contributed by atoms with Crippen LogP contribution in [0.4, 0.5) is 5.82 Å². The Morgan fingerprint density at radius 2 is 2.20 bits per heavy atom. The van der Waals surface area contributed by atoms with Gasteiger partial charge in [-0.15, -0.1) is 11.3 Å². The van der Waals surface area contributed by atoms with Gasteiger partial charge in [0.2, 0.25) is 0 Å². The van der Waals surface area contributed by atoms with Gasteiger partial charge in [0.25, 0.3) is 0 Å². The van der Waals surface area contributed by atoms with Crippen molar-refractivity contribution >= 4 is 27.4 Å². The van der Waals surface area contributed by atoms with Crippen LogP contribution >= 0.6 is 11.3 Å². The second-order valence-electron chi connectivity index (χ2n) is 4.48. The van der Waals surface area contributed by atoms with Crippen LogP contribution in [-0.4, -0.2) is 15.0 Å². The molecule has 102 valence electrons. The first-order chi connectivity index (χ1) is 9.72. The first-order valence-corrected chi connectivity index (χ1v) is 7.23. The first kappa shape index (κ1) is 13.0. The first-order valence-electron chi connectivity index (χ1n) is 6.42. The summed E-state index contributed by atoms with van der Waals surface area (Å²) in [4.78, 5) is 15.7. The van der Waals surface area contributed by atoms with Crippen LogP contribution in [0.15, 0.2) is 24.4 Å². The Hall–Kier alpha value is -2.05. The zero-order valence-electron chi connectivity index (χ0n) is 11.3. The van der Waals surface area contributed by atoms with Crippen molar-refractivity contribution < 1.29 is 0 Å². The van der Waals surface area contributed by atoms with E-state index in [1.165, 1.54) is 4.88 Å². The van der Waals surface area contributed by atoms with E-state index in [2.05, 4.69) is 27.3 Å². The SMILES string of the molecule is CCc1cccnc1-c1nc(NN)c2cc(C)sc2n1. The Labute approximate surface area is 120 Å². The second kappa shape index (κ2) is 5.15. The van der Waals surface area contributed by atoms with Crippen molar-refractivity contribution in [2.75, 3.05) is 5.43 Å². The van der Waals surface area contributed by atoms with Gasteiger partial charge in [-0.25, -0.2) is 15.8 Å². The average molecular weight is 285 g/mol. The van der Waals surface area contributed by atoms with E-state index < -0.39 is 0 Å². The third-order valence-electron chi connectivity index (χ3n) is 3.14. The number of anilines is 1. The number of nitrogens with one attached hydrogen (secondary N) is 1. The number of rotatable bonds is 3. The number of nitrogens with zero attached hydrogens (tertiary/aromatic N) is 3. The maximum absolute atomic E-state index is 5.59. The van der Waals surface area contributed by atoms with Gasteiger partial charge < -0.3 is 5.43 Å². The third kappa shape index (κ3) is 2.13. The van der Waals surface area contributed by atoms with Crippen molar-refractivity contribution in [2.45, 2.75) is 20.3 Å². The fraction of sp³-hybridized carbons (Fsp3) is 0.214. The molecule has 5 nitrogen and oxygen atoms in total. The zero-order chi connectivity index (χ0) is 14.1. The summed E-state index contributed by atoms with van der Waals surface area (Å²) in [5.74, 6) is 6.84. The van der Waals surface area contributed by atoms with Crippen molar-refractivity contribution in [2.24, 2.45) is 5.84 Å². The van der Waals surface area contributed by atoms with Crippen LogP contribution in [0.2, 0.25) is 0 Å². The number of aromatic nitrogens is 3. The maximum atomic E-state index is 5.59. The van der Waals surface area contributed by atoms with Crippen molar-refractivity contribution in [1.82, 2.24) is 15.0 Å². The van der Waals surface area contributed by atoms with Gasteiger partial charge >= 0.3 is 0 Å². The summed E-state index contributed by atoms with van der Waals surface area (Å²) < 4.78 is 0. The molecule has 0 aliphatic carbocycles. The summed E-state index contributed by atoms with van der Waals surface area (Å²) in [6.45, 7) is 4.14. The number of hydrogen-bond donors (Lipinski definition) is 2. The van der Waals surface area contributed by atoms with E-state index in [9.17, 15) is 0 Å². The van der Waals surface area contributed by atoms with Gasteiger partial charge in [-0.2, -0.15) is 0 Å². The quantitative estimate of drug-likeness (QED) is 0.571. The van der Waals surface area contributed by atoms with E-state index in [1.807, 2.05) is 25.1 Å². The number of nitrogens with two attached hydrogens (primary N) is 1. The topological polar surface area (TPSA) is 76.7 Å². The Morgan fingerprint density at radius 3 is 2.95 bits per heavy atom. The molecular formula is C14H15N5S. The smallest absolute Gasteiger partial charge is 0.181 e. The largest absolute Gasteiger partial charge is 0.308 e. The van der Waals surface area contributed by atoms with E-state index in [0.29, 0.717) is 11.6 Å². The minimum absolute atomic E-state index is 0.616. The van der Waals surface area contributed by atoms with E-state index in [0.717, 1.165) is 27.9 Å². The maximum Gasteiger partial charge on any atom is 0.181 e. The van der Waals surface area contributed by atoms with Crippen LogP contribution in [0.3, 0.4) is 0 Å². The summed E-state index contributed by atoms with van der Waals surface area (Å²) in [5.41, 5.74) is 4.61. The van der Waals surface area contributed by atoms with Crippen molar-refractivity contribution in [1.29, 1.82) is 0 Å². The highest BCUT2D eigenvalue weighted by Gasteiger charge is 2.14. The molecule has 6 heteroatoms. The number of pyridine rings is 1. The lowest BCUT2D eigenvalue weighted by Gasteiger charge is -2.07. The van der Waals surface area contributed by atoms with Gasteiger partial charge in [0.15, 0.2) is 11.6 Å². The molecule has 0 saturated carbocycles. The highest BCUT2D eigenvalue weighted by Crippen LogP contribution is 2.30. The average Bonchev–Trinajstić information content (AvgIpc) is 2.86. The van der Waals surface area contributed by atoms with Gasteiger partial charge in [0.1, 0.15) is 10.5 Å². The normalized spacial score (nSPS) is 10.9. The molecule has 0 unspecified atom stereocenters. The van der Waals surface area contributed by atoms with Crippen LogP contribution in [0, 0.1) is 6.92 Å². The van der Waals surface area contributed by atoms with Crippen molar-refractivity contribution in [3.63, 3.8) is 0 Å². The monoisotopic (exact) mass is 285 g/mol. The molecule has 0 bridgehead atoms. The standard InChI is InChI=1S/C14H15N5S/c1-3-9-5-4-6-16-11(9)13-17-12(19-15)10-7-8(2)20-14(10)18-13/h4-7H,3,15H2,1-2H3,(H,17,18,19). The van der Waals surface area contributed by atoms with Gasteiger partial charge in [-0.05, 0) is 31.0 Å². The number of fused-ring (bicyclic) bond motifs is 1. The van der Waals surface area contributed by atoms with Crippen LogP contribution in [0.5, 0.6) is 0 Å². The fourth-order valence-corrected chi connectivity index (χ4v) is 3.06. The molecule has 0 saturated heterocycles. The lowest BCUT2D eigenvalue weighted by molar-refractivity contribution is 1.08. The van der Waals surface area contributed by atoms with Gasteiger partial charge in [0, 0.05) is 11.1 Å². The van der Waals surface area contributed by atoms with Gasteiger partial charge in [-0.1, -0.05) is 13.0 Å². The lowest BCUT2D eigenvalue weighted by atomic mass is 10.1. The van der Waals surface area contributed by atoms with E-state index in [-0.39, 0.29) is 0 Å². The third-order valence-corrected chi connectivity index (χ3v) is 4.08. The summed E-state index contributed by atoms with van der Waals surface area (Å²) in [7, 11) is 0. The molecule has 0 radical (unpaired) electrons. The van der Waals surface area contributed by atoms with Crippen molar-refractivity contribution in [3.8, 4) is 11.5 Å². The summed E-state index contributed by atoms with van der Waals surface area (Å²) >= 11 is 1.63. The van der Waals surface area contributed by atoms with E-state index in [1.54, 1.807) is 17.5 Å². The highest BCUT2D eigenvalue weighted by atomic mass is 32.1. The molecule has 0 atom stereocenters. The van der Waals surface area contributed by atoms with Crippen LogP contribution in [-0.2, 0) is 6.42 Å². The van der Waals surface area contributed by atoms with Crippen molar-refractivity contribution in [3.05, 3.63) is 34.8 Å². The molecule has 0 aliphatic rings. The fourth-order valence-electron chi connectivity index (χ4n) is 2.18. The molecule has 3 heterocycles. The minimum atomic E-state index is 0.616. The Balaban J connectivity index is 2.26. The molecule has 0 aliphatic heterocycles. The molecule has 20 heavy (non-hydrogen) atoms. The molecule has 0 fully saturated rings. The number of hydrogen-bond acceptors (Lipinski definition) is 6. The number of thiophene rings is 1. The Kier molecular flexibility index (Phi) is 3.33. The molecule has 0 spiro atoms. The van der Waals surface area contributed by atoms with Crippen LogP contribution in [0.1, 0.15) is 17.4 Å². The molecular weight excluding hydrogens is 270 g/mol. The summed E-state index contributed by atoms with van der Waals surface area (Å²) in [5, 5.41) is 0.952. The predicted molar refractivity (Wildman–Crippen MR) is 82.6 cm³/mol. The molecule has 3 aromatic heterocycles. The van der Waals surface area contributed by atoms with E-state index >= 15 is 0 Å². The lowest BCUT2D eigenvalue weighted by Crippen LogP contribution is -2.10. The Morgan fingerprint density at radius 1 is 1.35 bits per heavy atom. The number of aryl methyl sites for hydroxylation is 2. The van der Waals surface area contributed by atoms with Gasteiger partial charge in [0.05, 0.1) is 5.39 Å². The Bertz CT molecular complexity index is 765.